The van der Waals surface area contributed by atoms with Crippen molar-refractivity contribution in [1.82, 2.24) is 0 Å². The number of hydrogen-bond donors (Lipinski definition) is 0. The molecule has 1 saturated carbocycles. The van der Waals surface area contributed by atoms with Crippen molar-refractivity contribution in [3.8, 4) is 0 Å². The lowest BCUT2D eigenvalue weighted by Gasteiger charge is -2.19. The van der Waals surface area contributed by atoms with Gasteiger partial charge in [-0.05, 0) is 22.9 Å². The fourth-order valence-corrected chi connectivity index (χ4v) is 1.24. The smallest absolute Gasteiger partial charge is 0.0962 e. The summed E-state index contributed by atoms with van der Waals surface area (Å²) in [5.74, 6) is 0. The van der Waals surface area contributed by atoms with E-state index in [2.05, 4.69) is 20.0 Å². The summed E-state index contributed by atoms with van der Waals surface area (Å²) in [6, 6.07) is 0. The van der Waals surface area contributed by atoms with Crippen molar-refractivity contribution in [2.45, 2.75) is 38.2 Å². The first-order valence-electron chi connectivity index (χ1n) is 3.72. The topological polar surface area (TPSA) is 60.0 Å². The first kappa shape index (κ1) is 8.89. The zero-order valence-corrected chi connectivity index (χ0v) is 6.15. The Hall–Kier alpha value is -0.200. The fourth-order valence-electron chi connectivity index (χ4n) is 1.24. The van der Waals surface area contributed by atoms with Crippen molar-refractivity contribution >= 4 is 0 Å². The van der Waals surface area contributed by atoms with E-state index in [9.17, 15) is 5.26 Å². The summed E-state index contributed by atoms with van der Waals surface area (Å²) >= 11 is 0. The van der Waals surface area contributed by atoms with Crippen LogP contribution < -0.4 is 5.26 Å². The van der Waals surface area contributed by atoms with Gasteiger partial charge in [0.25, 0.3) is 0 Å². The van der Waals surface area contributed by atoms with Gasteiger partial charge >= 0.3 is 0 Å². The van der Waals surface area contributed by atoms with Crippen molar-refractivity contribution in [2.24, 2.45) is 0 Å². The molecule has 66 valence electrons. The minimum Gasteiger partial charge on any atom is -0.689 e. The van der Waals surface area contributed by atoms with Gasteiger partial charge in [0.2, 0.25) is 0 Å². The Balaban J connectivity index is 1.96. The standard InChI is InChI=1S/C6H12O5/c7-9-11-10-8-6-4-2-1-3-5-6/h6-7H,1-5H2/p-1. The summed E-state index contributed by atoms with van der Waals surface area (Å²) in [6.07, 6.45) is 5.43. The van der Waals surface area contributed by atoms with E-state index in [1.165, 1.54) is 6.42 Å². The SMILES string of the molecule is [O-]OOOOC1CCCCC1. The molecule has 1 rings (SSSR count). The van der Waals surface area contributed by atoms with E-state index >= 15 is 0 Å². The van der Waals surface area contributed by atoms with E-state index in [4.69, 9.17) is 0 Å². The predicted molar refractivity (Wildman–Crippen MR) is 31.2 cm³/mol. The summed E-state index contributed by atoms with van der Waals surface area (Å²) in [5.41, 5.74) is 0. The van der Waals surface area contributed by atoms with Gasteiger partial charge in [-0.3, -0.25) is 5.04 Å². The zero-order chi connectivity index (χ0) is 7.94. The maximum atomic E-state index is 9.24. The average molecular weight is 163 g/mol. The summed E-state index contributed by atoms with van der Waals surface area (Å²) in [4.78, 5) is 4.68. The molecule has 0 N–H and O–H groups in total. The van der Waals surface area contributed by atoms with Gasteiger partial charge in [0.05, 0.1) is 6.10 Å². The van der Waals surface area contributed by atoms with Gasteiger partial charge in [0.15, 0.2) is 0 Å². The van der Waals surface area contributed by atoms with E-state index in [1.807, 2.05) is 0 Å². The molecule has 5 nitrogen and oxygen atoms in total. The van der Waals surface area contributed by atoms with Crippen molar-refractivity contribution < 1.29 is 25.3 Å². The van der Waals surface area contributed by atoms with Gasteiger partial charge in [-0.25, -0.2) is 4.89 Å². The largest absolute Gasteiger partial charge is 0.689 e. The van der Waals surface area contributed by atoms with E-state index in [-0.39, 0.29) is 6.10 Å². The van der Waals surface area contributed by atoms with Crippen LogP contribution in [0.1, 0.15) is 32.1 Å². The third-order valence-electron chi connectivity index (χ3n) is 1.78. The van der Waals surface area contributed by atoms with Crippen molar-refractivity contribution in [2.75, 3.05) is 0 Å². The second kappa shape index (κ2) is 5.45. The highest BCUT2D eigenvalue weighted by Gasteiger charge is 2.14. The molecule has 0 aromatic rings. The van der Waals surface area contributed by atoms with Gasteiger partial charge in [-0.1, -0.05) is 19.3 Å². The van der Waals surface area contributed by atoms with Gasteiger partial charge in [0, 0.05) is 0 Å². The van der Waals surface area contributed by atoms with E-state index in [1.54, 1.807) is 0 Å². The first-order valence-corrected chi connectivity index (χ1v) is 3.72. The maximum Gasteiger partial charge on any atom is 0.0962 e. The molecule has 0 radical (unpaired) electrons. The molecule has 1 fully saturated rings. The molecule has 1 aliphatic carbocycles. The highest BCUT2D eigenvalue weighted by atomic mass is 17.8. The first-order chi connectivity index (χ1) is 5.43. The van der Waals surface area contributed by atoms with Gasteiger partial charge in [-0.2, -0.15) is 0 Å². The Labute approximate surface area is 64.5 Å². The lowest BCUT2D eigenvalue weighted by atomic mass is 9.98. The molecular formula is C6H11O5-. The second-order valence-corrected chi connectivity index (χ2v) is 2.56. The Bertz CT molecular complexity index is 91.0. The predicted octanol–water partition coefficient (Wildman–Crippen LogP) is 0.406. The van der Waals surface area contributed by atoms with Crippen LogP contribution in [-0.2, 0) is 20.0 Å². The van der Waals surface area contributed by atoms with E-state index < -0.39 is 0 Å². The van der Waals surface area contributed by atoms with Crippen LogP contribution in [0, 0.1) is 0 Å². The molecule has 5 heteroatoms. The number of rotatable bonds is 4. The van der Waals surface area contributed by atoms with Crippen LogP contribution in [0.2, 0.25) is 0 Å². The summed E-state index contributed by atoms with van der Waals surface area (Å²) in [6.45, 7) is 0. The molecule has 0 aliphatic heterocycles. The Morgan fingerprint density at radius 1 is 1.00 bits per heavy atom. The summed E-state index contributed by atoms with van der Waals surface area (Å²) < 4.78 is 0. The summed E-state index contributed by atoms with van der Waals surface area (Å²) in [7, 11) is 0. The Morgan fingerprint density at radius 2 is 1.73 bits per heavy atom. The molecule has 0 heterocycles. The zero-order valence-electron chi connectivity index (χ0n) is 6.15. The van der Waals surface area contributed by atoms with Crippen LogP contribution in [0.15, 0.2) is 0 Å². The Morgan fingerprint density at radius 3 is 2.36 bits per heavy atom. The Kier molecular flexibility index (Phi) is 4.41. The molecule has 0 atom stereocenters. The monoisotopic (exact) mass is 163 g/mol. The highest BCUT2D eigenvalue weighted by Crippen LogP contribution is 2.20. The van der Waals surface area contributed by atoms with Crippen molar-refractivity contribution in [1.29, 1.82) is 0 Å². The molecule has 0 saturated heterocycles. The van der Waals surface area contributed by atoms with Crippen LogP contribution >= 0.6 is 0 Å². The normalized spacial score (nSPS) is 20.5. The highest BCUT2D eigenvalue weighted by molar-refractivity contribution is 4.62. The third kappa shape index (κ3) is 3.64. The number of hydrogen-bond acceptors (Lipinski definition) is 5. The van der Waals surface area contributed by atoms with Crippen LogP contribution in [0.25, 0.3) is 0 Å². The molecule has 0 spiro atoms. The van der Waals surface area contributed by atoms with Gasteiger partial charge < -0.3 is 5.26 Å². The molecule has 0 bridgehead atoms. The molecule has 0 amide bonds. The molecule has 0 unspecified atom stereocenters. The van der Waals surface area contributed by atoms with Crippen molar-refractivity contribution in [3.05, 3.63) is 0 Å². The lowest BCUT2D eigenvalue weighted by Crippen LogP contribution is -2.18. The molecule has 0 aromatic heterocycles. The van der Waals surface area contributed by atoms with Crippen LogP contribution in [0.5, 0.6) is 0 Å². The van der Waals surface area contributed by atoms with Crippen LogP contribution in [-0.4, -0.2) is 6.10 Å². The van der Waals surface area contributed by atoms with Crippen LogP contribution in [0.4, 0.5) is 0 Å². The second-order valence-electron chi connectivity index (χ2n) is 2.56. The minimum absolute atomic E-state index is 0.0406. The molecular weight excluding hydrogens is 152 g/mol. The van der Waals surface area contributed by atoms with E-state index in [0.29, 0.717) is 0 Å². The van der Waals surface area contributed by atoms with Crippen LogP contribution in [0.3, 0.4) is 0 Å². The van der Waals surface area contributed by atoms with E-state index in [0.717, 1.165) is 25.7 Å². The minimum atomic E-state index is 0.0406. The molecule has 11 heavy (non-hydrogen) atoms. The third-order valence-corrected chi connectivity index (χ3v) is 1.78. The lowest BCUT2D eigenvalue weighted by molar-refractivity contribution is -0.876. The summed E-state index contributed by atoms with van der Waals surface area (Å²) in [5, 5.41) is 19.7. The van der Waals surface area contributed by atoms with Gasteiger partial charge in [0.1, 0.15) is 0 Å². The fraction of sp³-hybridized carbons (Fsp3) is 1.00. The van der Waals surface area contributed by atoms with Crippen molar-refractivity contribution in [3.63, 3.8) is 0 Å². The quantitative estimate of drug-likeness (QED) is 0.341. The average Bonchev–Trinajstić information content (AvgIpc) is 2.07. The molecule has 1 aliphatic rings. The molecule has 0 aromatic carbocycles. The maximum absolute atomic E-state index is 9.24. The van der Waals surface area contributed by atoms with Gasteiger partial charge in [-0.15, -0.1) is 0 Å².